The van der Waals surface area contributed by atoms with Gasteiger partial charge in [0.05, 0.1) is 5.92 Å². The molecule has 0 fully saturated rings. The Balaban J connectivity index is 3.06. The molecule has 1 rings (SSSR count). The van der Waals surface area contributed by atoms with Gasteiger partial charge in [0.2, 0.25) is 0 Å². The van der Waals surface area contributed by atoms with Crippen LogP contribution < -0.4 is 0 Å². The fourth-order valence-corrected chi connectivity index (χ4v) is 1.65. The molecule has 0 heterocycles. The molecule has 17 heavy (non-hydrogen) atoms. The van der Waals surface area contributed by atoms with E-state index in [4.69, 9.17) is 0 Å². The van der Waals surface area contributed by atoms with Gasteiger partial charge in [0, 0.05) is 0 Å². The smallest absolute Gasteiger partial charge is 0.170 e. The molecule has 1 unspecified atom stereocenters. The van der Waals surface area contributed by atoms with Crippen LogP contribution >= 0.6 is 0 Å². The lowest BCUT2D eigenvalue weighted by molar-refractivity contribution is -0.139. The number of allylic oxidation sites excluding steroid dienone is 1. The van der Waals surface area contributed by atoms with Gasteiger partial charge in [-0.1, -0.05) is 51.1 Å². The molecule has 0 aliphatic carbocycles. The Morgan fingerprint density at radius 2 is 1.53 bits per heavy atom. The predicted octanol–water partition coefficient (Wildman–Crippen LogP) is 4.82. The molecule has 0 amide bonds. The number of hydrogen-bond acceptors (Lipinski definition) is 0. The molecule has 0 nitrogen and oxygen atoms in total. The molecule has 1 aromatic rings. The summed E-state index contributed by atoms with van der Waals surface area (Å²) >= 11 is 0. The molecule has 0 aliphatic heterocycles. The third-order valence-corrected chi connectivity index (χ3v) is 2.72. The summed E-state index contributed by atoms with van der Waals surface area (Å²) in [6.07, 6.45) is -3.34. The second-order valence-corrected chi connectivity index (χ2v) is 5.13. The van der Waals surface area contributed by atoms with Crippen LogP contribution in [0.25, 0.3) is 0 Å². The van der Waals surface area contributed by atoms with Crippen molar-refractivity contribution in [3.05, 3.63) is 48.0 Å². The summed E-state index contributed by atoms with van der Waals surface area (Å²) in [4.78, 5) is 0. The summed E-state index contributed by atoms with van der Waals surface area (Å²) < 4.78 is 38.0. The first-order chi connectivity index (χ1) is 7.66. The van der Waals surface area contributed by atoms with Crippen LogP contribution in [0.4, 0.5) is 13.2 Å². The normalized spacial score (nSPS) is 14.5. The standard InChI is InChI=1S/C14H17F3/c1-5-12(14(15,16)17)10-6-8-11(9-7-10)13(2,3)4/h5-9,12H,1H2,2-4H3. The van der Waals surface area contributed by atoms with Gasteiger partial charge < -0.3 is 0 Å². The second-order valence-electron chi connectivity index (χ2n) is 5.13. The summed E-state index contributed by atoms with van der Waals surface area (Å²) in [7, 11) is 0. The van der Waals surface area contributed by atoms with Gasteiger partial charge in [-0.15, -0.1) is 6.58 Å². The zero-order chi connectivity index (χ0) is 13.3. The molecular weight excluding hydrogens is 225 g/mol. The lowest BCUT2D eigenvalue weighted by Gasteiger charge is -2.21. The SMILES string of the molecule is C=CC(c1ccc(C(C)(C)C)cc1)C(F)(F)F. The molecule has 0 radical (unpaired) electrons. The minimum absolute atomic E-state index is 0.0551. The monoisotopic (exact) mass is 242 g/mol. The van der Waals surface area contributed by atoms with Gasteiger partial charge in [0.25, 0.3) is 0 Å². The number of alkyl halides is 3. The predicted molar refractivity (Wildman–Crippen MR) is 64.1 cm³/mol. The van der Waals surface area contributed by atoms with Crippen LogP contribution in [-0.2, 0) is 5.41 Å². The Hall–Kier alpha value is -1.25. The minimum atomic E-state index is -4.27. The van der Waals surface area contributed by atoms with Gasteiger partial charge in [-0.3, -0.25) is 0 Å². The Bertz CT molecular complexity index is 379. The first-order valence-corrected chi connectivity index (χ1v) is 5.46. The molecule has 1 aromatic carbocycles. The number of rotatable bonds is 2. The summed E-state index contributed by atoms with van der Waals surface area (Å²) in [6.45, 7) is 9.33. The van der Waals surface area contributed by atoms with Crippen molar-refractivity contribution >= 4 is 0 Å². The molecule has 0 bridgehead atoms. The molecular formula is C14H17F3. The third-order valence-electron chi connectivity index (χ3n) is 2.72. The molecule has 0 aliphatic rings. The molecule has 0 spiro atoms. The quantitative estimate of drug-likeness (QED) is 0.652. The van der Waals surface area contributed by atoms with Crippen LogP contribution in [-0.4, -0.2) is 6.18 Å². The number of halogens is 3. The van der Waals surface area contributed by atoms with Crippen molar-refractivity contribution in [1.29, 1.82) is 0 Å². The van der Waals surface area contributed by atoms with E-state index in [1.165, 1.54) is 12.1 Å². The first kappa shape index (κ1) is 13.8. The Labute approximate surface area is 100 Å². The molecule has 0 saturated heterocycles. The highest BCUT2D eigenvalue weighted by atomic mass is 19.4. The van der Waals surface area contributed by atoms with Crippen molar-refractivity contribution in [3.8, 4) is 0 Å². The zero-order valence-electron chi connectivity index (χ0n) is 10.3. The molecule has 0 aromatic heterocycles. The van der Waals surface area contributed by atoms with Crippen molar-refractivity contribution in [2.75, 3.05) is 0 Å². The maximum Gasteiger partial charge on any atom is 0.399 e. The van der Waals surface area contributed by atoms with Crippen LogP contribution in [0.2, 0.25) is 0 Å². The van der Waals surface area contributed by atoms with Crippen molar-refractivity contribution in [2.24, 2.45) is 0 Å². The molecule has 94 valence electrons. The maximum absolute atomic E-state index is 12.7. The highest BCUT2D eigenvalue weighted by molar-refractivity contribution is 5.32. The van der Waals surface area contributed by atoms with E-state index >= 15 is 0 Å². The average Bonchev–Trinajstić information content (AvgIpc) is 2.16. The van der Waals surface area contributed by atoms with E-state index in [9.17, 15) is 13.2 Å². The van der Waals surface area contributed by atoms with E-state index in [-0.39, 0.29) is 11.0 Å². The highest BCUT2D eigenvalue weighted by Crippen LogP contribution is 2.36. The third kappa shape index (κ3) is 3.35. The van der Waals surface area contributed by atoms with Crippen LogP contribution in [0.1, 0.15) is 37.8 Å². The Morgan fingerprint density at radius 3 is 1.82 bits per heavy atom. The fourth-order valence-electron chi connectivity index (χ4n) is 1.65. The van der Waals surface area contributed by atoms with E-state index in [0.29, 0.717) is 0 Å². The Kier molecular flexibility index (Phi) is 3.70. The largest absolute Gasteiger partial charge is 0.399 e. The van der Waals surface area contributed by atoms with Gasteiger partial charge in [-0.2, -0.15) is 13.2 Å². The lowest BCUT2D eigenvalue weighted by Crippen LogP contribution is -2.19. The fraction of sp³-hybridized carbons (Fsp3) is 0.429. The van der Waals surface area contributed by atoms with E-state index in [1.807, 2.05) is 20.8 Å². The van der Waals surface area contributed by atoms with Crippen LogP contribution in [0.5, 0.6) is 0 Å². The second kappa shape index (κ2) is 4.55. The van der Waals surface area contributed by atoms with Crippen molar-refractivity contribution in [2.45, 2.75) is 38.3 Å². The summed E-state index contributed by atoms with van der Waals surface area (Å²) in [5.74, 6) is -1.59. The van der Waals surface area contributed by atoms with Gasteiger partial charge in [-0.25, -0.2) is 0 Å². The number of hydrogen-bond donors (Lipinski definition) is 0. The Morgan fingerprint density at radius 1 is 1.06 bits per heavy atom. The molecule has 1 atom stereocenters. The molecule has 0 saturated carbocycles. The minimum Gasteiger partial charge on any atom is -0.170 e. The van der Waals surface area contributed by atoms with E-state index in [2.05, 4.69) is 6.58 Å². The first-order valence-electron chi connectivity index (χ1n) is 5.46. The van der Waals surface area contributed by atoms with Crippen molar-refractivity contribution in [1.82, 2.24) is 0 Å². The average molecular weight is 242 g/mol. The molecule has 0 N–H and O–H groups in total. The van der Waals surface area contributed by atoms with Gasteiger partial charge >= 0.3 is 6.18 Å². The van der Waals surface area contributed by atoms with Gasteiger partial charge in [-0.05, 0) is 16.5 Å². The summed E-state index contributed by atoms with van der Waals surface area (Å²) in [5, 5.41) is 0. The topological polar surface area (TPSA) is 0 Å². The zero-order valence-corrected chi connectivity index (χ0v) is 10.3. The van der Waals surface area contributed by atoms with E-state index in [1.54, 1.807) is 12.1 Å². The summed E-state index contributed by atoms with van der Waals surface area (Å²) in [6, 6.07) is 6.55. The van der Waals surface area contributed by atoms with E-state index in [0.717, 1.165) is 11.6 Å². The van der Waals surface area contributed by atoms with E-state index < -0.39 is 12.1 Å². The van der Waals surface area contributed by atoms with Crippen LogP contribution in [0.3, 0.4) is 0 Å². The maximum atomic E-state index is 12.7. The number of benzene rings is 1. The van der Waals surface area contributed by atoms with Gasteiger partial charge in [0.1, 0.15) is 0 Å². The van der Waals surface area contributed by atoms with Crippen LogP contribution in [0, 0.1) is 0 Å². The van der Waals surface area contributed by atoms with Gasteiger partial charge in [0.15, 0.2) is 0 Å². The van der Waals surface area contributed by atoms with Crippen molar-refractivity contribution in [3.63, 3.8) is 0 Å². The highest BCUT2D eigenvalue weighted by Gasteiger charge is 2.38. The lowest BCUT2D eigenvalue weighted by atomic mass is 9.85. The van der Waals surface area contributed by atoms with Crippen LogP contribution in [0.15, 0.2) is 36.9 Å². The van der Waals surface area contributed by atoms with Crippen molar-refractivity contribution < 1.29 is 13.2 Å². The summed E-state index contributed by atoms with van der Waals surface area (Å²) in [5.41, 5.74) is 1.20. The molecule has 3 heteroatoms.